The van der Waals surface area contributed by atoms with Crippen molar-refractivity contribution in [2.75, 3.05) is 6.54 Å². The molecule has 124 valence electrons. The molecule has 2 rings (SSSR count). The summed E-state index contributed by atoms with van der Waals surface area (Å²) in [5.74, 6) is -2.45. The summed E-state index contributed by atoms with van der Waals surface area (Å²) in [5.41, 5.74) is 4.17. The maximum atomic E-state index is 12.3. The second-order valence-corrected chi connectivity index (χ2v) is 4.80. The summed E-state index contributed by atoms with van der Waals surface area (Å²) in [4.78, 5) is 34.5. The molecule has 8 heteroatoms. The van der Waals surface area contributed by atoms with Crippen molar-refractivity contribution in [2.45, 2.75) is 6.61 Å². The SMILES string of the molecule is NCC(=O)c1c(O)ccc([N+](=O)[O-])c1C(=O)OCc1ccccc1. The van der Waals surface area contributed by atoms with Crippen molar-refractivity contribution >= 4 is 17.4 Å². The number of phenolic OH excluding ortho intramolecular Hbond substituents is 1. The molecule has 0 saturated carbocycles. The number of nitro groups is 1. The summed E-state index contributed by atoms with van der Waals surface area (Å²) in [6.07, 6.45) is 0. The molecule has 0 heterocycles. The Morgan fingerprint density at radius 2 is 1.79 bits per heavy atom. The number of nitrogens with two attached hydrogens (primary N) is 1. The summed E-state index contributed by atoms with van der Waals surface area (Å²) in [6.45, 7) is -0.656. The van der Waals surface area contributed by atoms with Crippen molar-refractivity contribution in [3.63, 3.8) is 0 Å². The number of hydrogen-bond donors (Lipinski definition) is 2. The Hall–Kier alpha value is -3.26. The lowest BCUT2D eigenvalue weighted by atomic mass is 10.00. The van der Waals surface area contributed by atoms with Gasteiger partial charge in [-0.05, 0) is 11.6 Å². The van der Waals surface area contributed by atoms with E-state index in [1.165, 1.54) is 0 Å². The molecule has 8 nitrogen and oxygen atoms in total. The van der Waals surface area contributed by atoms with Gasteiger partial charge in [-0.25, -0.2) is 4.79 Å². The number of rotatable bonds is 6. The Morgan fingerprint density at radius 1 is 1.12 bits per heavy atom. The minimum absolute atomic E-state index is 0.136. The first-order valence-electron chi connectivity index (χ1n) is 6.90. The number of ketones is 1. The van der Waals surface area contributed by atoms with Gasteiger partial charge in [-0.1, -0.05) is 30.3 Å². The minimum Gasteiger partial charge on any atom is -0.507 e. The first kappa shape index (κ1) is 17.1. The molecule has 2 aromatic rings. The van der Waals surface area contributed by atoms with Crippen LogP contribution in [-0.4, -0.2) is 28.3 Å². The molecule has 0 spiro atoms. The van der Waals surface area contributed by atoms with Crippen molar-refractivity contribution < 1.29 is 24.4 Å². The molecule has 0 aliphatic heterocycles. The van der Waals surface area contributed by atoms with E-state index in [-0.39, 0.29) is 6.61 Å². The molecule has 0 saturated heterocycles. The molecular weight excluding hydrogens is 316 g/mol. The molecule has 2 aromatic carbocycles. The number of benzene rings is 2. The van der Waals surface area contributed by atoms with Gasteiger partial charge < -0.3 is 15.6 Å². The lowest BCUT2D eigenvalue weighted by Gasteiger charge is -2.10. The summed E-state index contributed by atoms with van der Waals surface area (Å²) >= 11 is 0. The Kier molecular flexibility index (Phi) is 5.23. The van der Waals surface area contributed by atoms with E-state index in [1.54, 1.807) is 30.3 Å². The number of carbonyl (C=O) groups excluding carboxylic acids is 2. The molecule has 0 aliphatic carbocycles. The third kappa shape index (κ3) is 3.55. The van der Waals surface area contributed by atoms with E-state index in [2.05, 4.69) is 0 Å². The highest BCUT2D eigenvalue weighted by atomic mass is 16.6. The van der Waals surface area contributed by atoms with E-state index in [1.807, 2.05) is 0 Å². The van der Waals surface area contributed by atoms with Crippen LogP contribution in [0.2, 0.25) is 0 Å². The van der Waals surface area contributed by atoms with E-state index >= 15 is 0 Å². The van der Waals surface area contributed by atoms with Crippen molar-refractivity contribution in [1.82, 2.24) is 0 Å². The van der Waals surface area contributed by atoms with Gasteiger partial charge in [0.05, 0.1) is 17.0 Å². The average Bonchev–Trinajstić information content (AvgIpc) is 2.59. The van der Waals surface area contributed by atoms with Crippen LogP contribution in [0.5, 0.6) is 5.75 Å². The molecule has 0 aliphatic rings. The number of nitro benzene ring substituents is 1. The summed E-state index contributed by atoms with van der Waals surface area (Å²) in [5, 5.41) is 21.0. The first-order chi connectivity index (χ1) is 11.5. The number of aromatic hydroxyl groups is 1. The zero-order valence-electron chi connectivity index (χ0n) is 12.5. The van der Waals surface area contributed by atoms with Crippen LogP contribution in [0.25, 0.3) is 0 Å². The predicted octanol–water partition coefficient (Wildman–Crippen LogP) is 1.80. The second kappa shape index (κ2) is 7.34. The van der Waals surface area contributed by atoms with Crippen molar-refractivity contribution in [3.8, 4) is 5.75 Å². The third-order valence-corrected chi connectivity index (χ3v) is 3.24. The number of Topliss-reactive ketones (excluding diaryl/α,β-unsaturated/α-hetero) is 1. The number of carbonyl (C=O) groups is 2. The van der Waals surface area contributed by atoms with Crippen LogP contribution in [0.1, 0.15) is 26.3 Å². The van der Waals surface area contributed by atoms with Gasteiger partial charge in [0.1, 0.15) is 12.4 Å². The Labute approximate surface area is 136 Å². The van der Waals surface area contributed by atoms with E-state index in [9.17, 15) is 24.8 Å². The van der Waals surface area contributed by atoms with Gasteiger partial charge >= 0.3 is 5.97 Å². The predicted molar refractivity (Wildman–Crippen MR) is 83.7 cm³/mol. The van der Waals surface area contributed by atoms with Gasteiger partial charge in [0.2, 0.25) is 0 Å². The maximum Gasteiger partial charge on any atom is 0.346 e. The smallest absolute Gasteiger partial charge is 0.346 e. The van der Waals surface area contributed by atoms with E-state index in [4.69, 9.17) is 10.5 Å². The molecule has 0 bridgehead atoms. The van der Waals surface area contributed by atoms with Gasteiger partial charge in [-0.3, -0.25) is 14.9 Å². The monoisotopic (exact) mass is 330 g/mol. The molecule has 3 N–H and O–H groups in total. The van der Waals surface area contributed by atoms with Crippen molar-refractivity contribution in [3.05, 3.63) is 69.3 Å². The van der Waals surface area contributed by atoms with Crippen LogP contribution in [-0.2, 0) is 11.3 Å². The quantitative estimate of drug-likeness (QED) is 0.357. The molecule has 0 atom stereocenters. The van der Waals surface area contributed by atoms with E-state index < -0.39 is 45.8 Å². The zero-order chi connectivity index (χ0) is 17.7. The number of phenols is 1. The molecule has 0 radical (unpaired) electrons. The highest BCUT2D eigenvalue weighted by Crippen LogP contribution is 2.31. The Morgan fingerprint density at radius 3 is 2.38 bits per heavy atom. The fourth-order valence-electron chi connectivity index (χ4n) is 2.12. The lowest BCUT2D eigenvalue weighted by Crippen LogP contribution is -2.20. The van der Waals surface area contributed by atoms with Crippen molar-refractivity contribution in [2.24, 2.45) is 5.73 Å². The second-order valence-electron chi connectivity index (χ2n) is 4.80. The Balaban J connectivity index is 2.42. The minimum atomic E-state index is -1.08. The summed E-state index contributed by atoms with van der Waals surface area (Å²) < 4.78 is 5.05. The van der Waals surface area contributed by atoms with Gasteiger partial charge in [0, 0.05) is 6.07 Å². The lowest BCUT2D eigenvalue weighted by molar-refractivity contribution is -0.385. The first-order valence-corrected chi connectivity index (χ1v) is 6.90. The normalized spacial score (nSPS) is 10.2. The molecular formula is C16H14N2O6. The van der Waals surface area contributed by atoms with Gasteiger partial charge in [-0.2, -0.15) is 0 Å². The number of esters is 1. The van der Waals surface area contributed by atoms with Crippen LogP contribution < -0.4 is 5.73 Å². The highest BCUT2D eigenvalue weighted by molar-refractivity contribution is 6.11. The topological polar surface area (TPSA) is 133 Å². The van der Waals surface area contributed by atoms with Crippen LogP contribution in [0, 0.1) is 10.1 Å². The molecule has 24 heavy (non-hydrogen) atoms. The van der Waals surface area contributed by atoms with Crippen LogP contribution in [0.4, 0.5) is 5.69 Å². The number of nitrogens with zero attached hydrogens (tertiary/aromatic N) is 1. The van der Waals surface area contributed by atoms with Crippen LogP contribution in [0.15, 0.2) is 42.5 Å². The summed E-state index contributed by atoms with van der Waals surface area (Å²) in [7, 11) is 0. The fraction of sp³-hybridized carbons (Fsp3) is 0.125. The van der Waals surface area contributed by atoms with Gasteiger partial charge in [-0.15, -0.1) is 0 Å². The zero-order valence-corrected chi connectivity index (χ0v) is 12.5. The molecule has 0 unspecified atom stereocenters. The highest BCUT2D eigenvalue weighted by Gasteiger charge is 2.30. The summed E-state index contributed by atoms with van der Waals surface area (Å²) in [6, 6.07) is 10.6. The maximum absolute atomic E-state index is 12.3. The number of hydrogen-bond acceptors (Lipinski definition) is 7. The molecule has 0 aromatic heterocycles. The third-order valence-electron chi connectivity index (χ3n) is 3.24. The fourth-order valence-corrected chi connectivity index (χ4v) is 2.12. The standard InChI is InChI=1S/C16H14N2O6/c17-8-13(20)15-12(19)7-6-11(18(22)23)14(15)16(21)24-9-10-4-2-1-3-5-10/h1-7,19H,8-9,17H2. The van der Waals surface area contributed by atoms with Gasteiger partial charge in [0.15, 0.2) is 11.3 Å². The van der Waals surface area contributed by atoms with Crippen LogP contribution >= 0.6 is 0 Å². The largest absolute Gasteiger partial charge is 0.507 e. The van der Waals surface area contributed by atoms with Gasteiger partial charge in [0.25, 0.3) is 5.69 Å². The molecule has 0 amide bonds. The number of ether oxygens (including phenoxy) is 1. The van der Waals surface area contributed by atoms with Crippen LogP contribution in [0.3, 0.4) is 0 Å². The van der Waals surface area contributed by atoms with Crippen molar-refractivity contribution in [1.29, 1.82) is 0 Å². The molecule has 0 fully saturated rings. The van der Waals surface area contributed by atoms with E-state index in [0.717, 1.165) is 12.1 Å². The van der Waals surface area contributed by atoms with E-state index in [0.29, 0.717) is 5.56 Å². The average molecular weight is 330 g/mol. The Bertz CT molecular complexity index is 789.